The topological polar surface area (TPSA) is 32.6 Å². The SMILES string of the molecule is Clc1nc(Cl)c2c([nH]c3cc[n+](Cc4ccccc4)cc32)c1Cl. The molecule has 0 atom stereocenters. The molecule has 114 valence electrons. The number of rotatable bonds is 2. The second kappa shape index (κ2) is 5.68. The summed E-state index contributed by atoms with van der Waals surface area (Å²) in [5.41, 5.74) is 2.88. The molecule has 3 aromatic heterocycles. The van der Waals surface area contributed by atoms with Crippen molar-refractivity contribution in [2.45, 2.75) is 6.54 Å². The molecule has 0 saturated heterocycles. The van der Waals surface area contributed by atoms with Gasteiger partial charge in [-0.25, -0.2) is 9.55 Å². The second-order valence-corrected chi connectivity index (χ2v) is 6.41. The molecule has 0 saturated carbocycles. The van der Waals surface area contributed by atoms with E-state index in [0.717, 1.165) is 22.8 Å². The fraction of sp³-hybridized carbons (Fsp3) is 0.0588. The summed E-state index contributed by atoms with van der Waals surface area (Å²) in [5, 5.41) is 2.69. The highest BCUT2D eigenvalue weighted by Gasteiger charge is 2.18. The molecule has 0 spiro atoms. The van der Waals surface area contributed by atoms with Crippen molar-refractivity contribution in [3.8, 4) is 0 Å². The monoisotopic (exact) mass is 362 g/mol. The van der Waals surface area contributed by atoms with Crippen LogP contribution in [0.15, 0.2) is 48.8 Å². The molecule has 0 aliphatic heterocycles. The van der Waals surface area contributed by atoms with Crippen molar-refractivity contribution < 1.29 is 4.57 Å². The van der Waals surface area contributed by atoms with Gasteiger partial charge in [-0.2, -0.15) is 0 Å². The van der Waals surface area contributed by atoms with Crippen molar-refractivity contribution in [1.29, 1.82) is 0 Å². The van der Waals surface area contributed by atoms with E-state index in [-0.39, 0.29) is 5.15 Å². The van der Waals surface area contributed by atoms with Gasteiger partial charge in [0.15, 0.2) is 24.1 Å². The van der Waals surface area contributed by atoms with Crippen LogP contribution in [-0.2, 0) is 6.54 Å². The zero-order chi connectivity index (χ0) is 16.0. The summed E-state index contributed by atoms with van der Waals surface area (Å²) >= 11 is 18.5. The van der Waals surface area contributed by atoms with Crippen LogP contribution in [0.4, 0.5) is 0 Å². The molecule has 0 radical (unpaired) electrons. The van der Waals surface area contributed by atoms with E-state index in [0.29, 0.717) is 15.7 Å². The Morgan fingerprint density at radius 3 is 2.57 bits per heavy atom. The number of nitrogens with one attached hydrogen (secondary N) is 1. The molecule has 0 bridgehead atoms. The second-order valence-electron chi connectivity index (χ2n) is 5.31. The van der Waals surface area contributed by atoms with Gasteiger partial charge in [0, 0.05) is 11.6 Å². The maximum absolute atomic E-state index is 6.28. The number of hydrogen-bond donors (Lipinski definition) is 1. The van der Waals surface area contributed by atoms with Gasteiger partial charge in [-0.15, -0.1) is 0 Å². The normalized spacial score (nSPS) is 11.4. The van der Waals surface area contributed by atoms with Crippen molar-refractivity contribution in [1.82, 2.24) is 9.97 Å². The number of halogens is 3. The summed E-state index contributed by atoms with van der Waals surface area (Å²) in [5.74, 6) is 0. The molecule has 4 aromatic rings. The quantitative estimate of drug-likeness (QED) is 0.394. The average Bonchev–Trinajstić information content (AvgIpc) is 2.93. The van der Waals surface area contributed by atoms with E-state index in [4.69, 9.17) is 34.8 Å². The van der Waals surface area contributed by atoms with E-state index in [1.54, 1.807) is 0 Å². The number of benzene rings is 1. The van der Waals surface area contributed by atoms with E-state index < -0.39 is 0 Å². The number of hydrogen-bond acceptors (Lipinski definition) is 1. The summed E-state index contributed by atoms with van der Waals surface area (Å²) < 4.78 is 2.10. The predicted octanol–water partition coefficient (Wildman–Crippen LogP) is 5.01. The molecule has 1 aromatic carbocycles. The van der Waals surface area contributed by atoms with Crippen LogP contribution in [0, 0.1) is 0 Å². The Kier molecular flexibility index (Phi) is 3.64. The van der Waals surface area contributed by atoms with Crippen LogP contribution in [0.2, 0.25) is 15.3 Å². The largest absolute Gasteiger partial charge is 0.353 e. The lowest BCUT2D eigenvalue weighted by Gasteiger charge is -2.00. The van der Waals surface area contributed by atoms with Crippen LogP contribution in [0.5, 0.6) is 0 Å². The fourth-order valence-electron chi connectivity index (χ4n) is 2.74. The Morgan fingerprint density at radius 2 is 1.78 bits per heavy atom. The number of H-pyrrole nitrogens is 1. The first kappa shape index (κ1) is 14.8. The standard InChI is InChI=1S/C17H10Cl3N3/c18-14-15-13(16(19)22-17(14)20)11-9-23(7-6-12(11)21-15)8-10-4-2-1-3-5-10/h1-7,9H,8H2/p+1. The first-order valence-electron chi connectivity index (χ1n) is 7.02. The van der Waals surface area contributed by atoms with Crippen LogP contribution in [0.3, 0.4) is 0 Å². The number of fused-ring (bicyclic) bond motifs is 3. The molecule has 1 N–H and O–H groups in total. The molecule has 0 unspecified atom stereocenters. The predicted molar refractivity (Wildman–Crippen MR) is 94.4 cm³/mol. The molecule has 4 rings (SSSR count). The van der Waals surface area contributed by atoms with Gasteiger partial charge < -0.3 is 4.98 Å². The molecule has 0 aliphatic carbocycles. The molecule has 0 aliphatic rings. The molecular formula is C17H11Cl3N3+. The van der Waals surface area contributed by atoms with Crippen LogP contribution in [0.1, 0.15) is 5.56 Å². The summed E-state index contributed by atoms with van der Waals surface area (Å²) in [6.07, 6.45) is 4.06. The van der Waals surface area contributed by atoms with Gasteiger partial charge in [0.1, 0.15) is 10.2 Å². The third-order valence-corrected chi connectivity index (χ3v) is 4.82. The van der Waals surface area contributed by atoms with E-state index in [1.807, 2.05) is 36.7 Å². The van der Waals surface area contributed by atoms with Gasteiger partial charge in [0.25, 0.3) is 0 Å². The number of aromatic nitrogens is 3. The van der Waals surface area contributed by atoms with E-state index in [2.05, 4.69) is 26.7 Å². The first-order chi connectivity index (χ1) is 11.1. The van der Waals surface area contributed by atoms with Crippen molar-refractivity contribution in [3.05, 3.63) is 69.7 Å². The molecule has 6 heteroatoms. The Hall–Kier alpha value is -1.81. The molecule has 23 heavy (non-hydrogen) atoms. The summed E-state index contributed by atoms with van der Waals surface area (Å²) in [6.45, 7) is 0.774. The highest BCUT2D eigenvalue weighted by Crippen LogP contribution is 2.36. The Morgan fingerprint density at radius 1 is 1.00 bits per heavy atom. The Bertz CT molecular complexity index is 1030. The van der Waals surface area contributed by atoms with Crippen molar-refractivity contribution in [3.63, 3.8) is 0 Å². The zero-order valence-corrected chi connectivity index (χ0v) is 14.1. The minimum absolute atomic E-state index is 0.202. The minimum Gasteiger partial charge on any atom is -0.353 e. The van der Waals surface area contributed by atoms with Gasteiger partial charge in [-0.3, -0.25) is 0 Å². The third-order valence-electron chi connectivity index (χ3n) is 3.81. The lowest BCUT2D eigenvalue weighted by Crippen LogP contribution is -2.33. The van der Waals surface area contributed by atoms with Crippen LogP contribution in [0.25, 0.3) is 21.8 Å². The van der Waals surface area contributed by atoms with Gasteiger partial charge in [0.05, 0.1) is 21.8 Å². The van der Waals surface area contributed by atoms with Crippen molar-refractivity contribution >= 4 is 56.6 Å². The molecule has 3 heterocycles. The Labute approximate surface area is 147 Å². The molecular weight excluding hydrogens is 353 g/mol. The van der Waals surface area contributed by atoms with Gasteiger partial charge in [-0.1, -0.05) is 65.1 Å². The first-order valence-corrected chi connectivity index (χ1v) is 8.16. The van der Waals surface area contributed by atoms with E-state index >= 15 is 0 Å². The minimum atomic E-state index is 0.202. The lowest BCUT2D eigenvalue weighted by atomic mass is 10.2. The third kappa shape index (κ3) is 2.55. The molecule has 0 fully saturated rings. The van der Waals surface area contributed by atoms with E-state index in [9.17, 15) is 0 Å². The summed E-state index contributed by atoms with van der Waals surface area (Å²) in [6, 6.07) is 12.3. The Balaban J connectivity index is 1.91. The van der Waals surface area contributed by atoms with Crippen LogP contribution >= 0.6 is 34.8 Å². The highest BCUT2D eigenvalue weighted by molar-refractivity contribution is 6.47. The van der Waals surface area contributed by atoms with Crippen molar-refractivity contribution in [2.75, 3.05) is 0 Å². The van der Waals surface area contributed by atoms with Gasteiger partial charge in [-0.05, 0) is 0 Å². The molecule has 3 nitrogen and oxygen atoms in total. The van der Waals surface area contributed by atoms with Gasteiger partial charge in [0.2, 0.25) is 0 Å². The average molecular weight is 364 g/mol. The van der Waals surface area contributed by atoms with Crippen LogP contribution < -0.4 is 4.57 Å². The fourth-order valence-corrected chi connectivity index (χ4v) is 3.43. The summed E-state index contributed by atoms with van der Waals surface area (Å²) in [4.78, 5) is 7.37. The number of pyridine rings is 2. The van der Waals surface area contributed by atoms with Crippen LogP contribution in [-0.4, -0.2) is 9.97 Å². The number of aromatic amines is 1. The van der Waals surface area contributed by atoms with E-state index in [1.165, 1.54) is 5.56 Å². The maximum atomic E-state index is 6.28. The lowest BCUT2D eigenvalue weighted by molar-refractivity contribution is -0.687. The molecule has 0 amide bonds. The highest BCUT2D eigenvalue weighted by atomic mass is 35.5. The van der Waals surface area contributed by atoms with Gasteiger partial charge >= 0.3 is 0 Å². The van der Waals surface area contributed by atoms with Crippen molar-refractivity contribution in [2.24, 2.45) is 0 Å². The smallest absolute Gasteiger partial charge is 0.179 e. The maximum Gasteiger partial charge on any atom is 0.179 e. The summed E-state index contributed by atoms with van der Waals surface area (Å²) in [7, 11) is 0. The number of nitrogens with zero attached hydrogens (tertiary/aromatic N) is 2. The zero-order valence-electron chi connectivity index (χ0n) is 11.9.